The number of furan rings is 1. The molecule has 0 radical (unpaired) electrons. The predicted octanol–water partition coefficient (Wildman–Crippen LogP) is 6.66. The molecule has 1 rings (SSSR count). The van der Waals surface area contributed by atoms with Gasteiger partial charge in [-0.2, -0.15) is 0 Å². The lowest BCUT2D eigenvalue weighted by Crippen LogP contribution is -2.05. The highest BCUT2D eigenvalue weighted by atomic mass is 16.5. The third-order valence-corrected chi connectivity index (χ3v) is 5.29. The summed E-state index contributed by atoms with van der Waals surface area (Å²) < 4.78 is 14.7. The summed E-state index contributed by atoms with van der Waals surface area (Å²) in [6.45, 7) is 6.02. The Labute approximate surface area is 192 Å². The van der Waals surface area contributed by atoms with Crippen molar-refractivity contribution in [2.75, 3.05) is 14.2 Å². The van der Waals surface area contributed by atoms with Gasteiger partial charge in [0, 0.05) is 11.1 Å². The smallest absolute Gasteiger partial charge is 0.333 e. The van der Waals surface area contributed by atoms with Crippen LogP contribution in [0.1, 0.15) is 71.3 Å². The lowest BCUT2D eigenvalue weighted by atomic mass is 10.0. The van der Waals surface area contributed by atoms with Gasteiger partial charge in [-0.3, -0.25) is 0 Å². The zero-order valence-corrected chi connectivity index (χ0v) is 20.2. The van der Waals surface area contributed by atoms with Crippen LogP contribution in [0.25, 0.3) is 0 Å². The highest BCUT2D eigenvalue weighted by Gasteiger charge is 2.09. The number of rotatable bonds is 14. The standard InChI is InChI=1S/C27H38O5/c1-21(12-7-15-24-18-19-32-20-24)10-6-11-22(2)13-8-16-25(27(29)31-5)17-9-14-23(3)26(28)30-4/h11-12,14,16,18-20H,6-10,13,15,17H2,1-5H3/b21-12+,22-11+,23-14+,25-16-. The minimum atomic E-state index is -0.350. The van der Waals surface area contributed by atoms with Crippen molar-refractivity contribution in [1.29, 1.82) is 0 Å². The second kappa shape index (κ2) is 15.9. The molecule has 0 unspecified atom stereocenters. The monoisotopic (exact) mass is 442 g/mol. The largest absolute Gasteiger partial charge is 0.472 e. The first-order valence-corrected chi connectivity index (χ1v) is 11.2. The molecule has 0 fully saturated rings. The molecule has 0 N–H and O–H groups in total. The number of aryl methyl sites for hydroxylation is 1. The number of esters is 2. The fraction of sp³-hybridized carbons (Fsp3) is 0.481. The van der Waals surface area contributed by atoms with Gasteiger partial charge in [-0.1, -0.05) is 35.5 Å². The third-order valence-electron chi connectivity index (χ3n) is 5.29. The van der Waals surface area contributed by atoms with Crippen LogP contribution in [-0.4, -0.2) is 26.2 Å². The van der Waals surface area contributed by atoms with E-state index in [-0.39, 0.29) is 11.9 Å². The van der Waals surface area contributed by atoms with E-state index in [2.05, 4.69) is 30.7 Å². The Morgan fingerprint density at radius 2 is 1.41 bits per heavy atom. The zero-order chi connectivity index (χ0) is 23.8. The van der Waals surface area contributed by atoms with Crippen LogP contribution in [0.2, 0.25) is 0 Å². The Balaban J connectivity index is 2.43. The number of ether oxygens (including phenoxy) is 2. The first-order valence-electron chi connectivity index (χ1n) is 11.2. The van der Waals surface area contributed by atoms with E-state index in [1.165, 1.54) is 30.9 Å². The summed E-state index contributed by atoms with van der Waals surface area (Å²) in [7, 11) is 2.75. The number of carbonyl (C=O) groups excluding carboxylic acids is 2. The summed E-state index contributed by atoms with van der Waals surface area (Å²) in [4.78, 5) is 23.5. The molecule has 0 aliphatic heterocycles. The molecule has 0 spiro atoms. The van der Waals surface area contributed by atoms with Crippen LogP contribution >= 0.6 is 0 Å². The fourth-order valence-electron chi connectivity index (χ4n) is 3.25. The molecule has 5 nitrogen and oxygen atoms in total. The molecule has 0 atom stereocenters. The van der Waals surface area contributed by atoms with Crippen molar-refractivity contribution in [3.63, 3.8) is 0 Å². The normalized spacial score (nSPS) is 13.3. The van der Waals surface area contributed by atoms with Crippen molar-refractivity contribution in [3.05, 3.63) is 70.8 Å². The molecule has 32 heavy (non-hydrogen) atoms. The van der Waals surface area contributed by atoms with Crippen LogP contribution in [0, 0.1) is 0 Å². The van der Waals surface area contributed by atoms with E-state index in [1.807, 2.05) is 12.1 Å². The molecular formula is C27H38O5. The highest BCUT2D eigenvalue weighted by Crippen LogP contribution is 2.15. The van der Waals surface area contributed by atoms with Gasteiger partial charge >= 0.3 is 11.9 Å². The summed E-state index contributed by atoms with van der Waals surface area (Å²) in [5.41, 5.74) is 5.14. The van der Waals surface area contributed by atoms with Crippen molar-refractivity contribution < 1.29 is 23.5 Å². The van der Waals surface area contributed by atoms with E-state index >= 15 is 0 Å². The van der Waals surface area contributed by atoms with E-state index in [0.29, 0.717) is 24.0 Å². The maximum atomic E-state index is 12.0. The van der Waals surface area contributed by atoms with E-state index in [0.717, 1.165) is 38.5 Å². The topological polar surface area (TPSA) is 65.7 Å². The third kappa shape index (κ3) is 11.5. The van der Waals surface area contributed by atoms with Crippen molar-refractivity contribution in [2.24, 2.45) is 0 Å². The lowest BCUT2D eigenvalue weighted by Gasteiger charge is -2.06. The Morgan fingerprint density at radius 1 is 0.812 bits per heavy atom. The van der Waals surface area contributed by atoms with Crippen LogP contribution in [-0.2, 0) is 25.5 Å². The Hall–Kier alpha value is -2.82. The molecule has 0 amide bonds. The van der Waals surface area contributed by atoms with Gasteiger partial charge in [0.05, 0.1) is 26.7 Å². The van der Waals surface area contributed by atoms with Crippen LogP contribution in [0.15, 0.2) is 69.6 Å². The Bertz CT molecular complexity index is 822. The molecule has 0 saturated heterocycles. The molecule has 5 heteroatoms. The summed E-state index contributed by atoms with van der Waals surface area (Å²) in [5.74, 6) is -0.663. The molecule has 1 heterocycles. The quantitative estimate of drug-likeness (QED) is 0.183. The van der Waals surface area contributed by atoms with Gasteiger partial charge in [0.2, 0.25) is 0 Å². The van der Waals surface area contributed by atoms with E-state index in [9.17, 15) is 9.59 Å². The summed E-state index contributed by atoms with van der Waals surface area (Å²) in [6.07, 6.45) is 18.8. The maximum absolute atomic E-state index is 12.0. The second-order valence-corrected chi connectivity index (χ2v) is 7.99. The van der Waals surface area contributed by atoms with E-state index < -0.39 is 0 Å². The first kappa shape index (κ1) is 27.2. The van der Waals surface area contributed by atoms with Crippen LogP contribution in [0.5, 0.6) is 0 Å². The van der Waals surface area contributed by atoms with Crippen molar-refractivity contribution in [3.8, 4) is 0 Å². The molecule has 1 aromatic heterocycles. The molecule has 1 aromatic rings. The number of carbonyl (C=O) groups is 2. The van der Waals surface area contributed by atoms with Gasteiger partial charge < -0.3 is 13.9 Å². The molecule has 0 aliphatic carbocycles. The number of methoxy groups -OCH3 is 2. The second-order valence-electron chi connectivity index (χ2n) is 7.99. The summed E-state index contributed by atoms with van der Waals surface area (Å²) >= 11 is 0. The van der Waals surface area contributed by atoms with E-state index in [4.69, 9.17) is 9.15 Å². The SMILES string of the molecule is COC(=O)/C(=C\CC/C(C)=C/CC/C(C)=C/CCc1ccoc1)CC/C=C(\C)C(=O)OC. The van der Waals surface area contributed by atoms with Gasteiger partial charge in [0.15, 0.2) is 0 Å². The lowest BCUT2D eigenvalue weighted by molar-refractivity contribution is -0.136. The van der Waals surface area contributed by atoms with Crippen molar-refractivity contribution in [1.82, 2.24) is 0 Å². The molecule has 0 saturated carbocycles. The average molecular weight is 443 g/mol. The van der Waals surface area contributed by atoms with E-state index in [1.54, 1.807) is 25.5 Å². The van der Waals surface area contributed by atoms with Crippen LogP contribution in [0.4, 0.5) is 0 Å². The van der Waals surface area contributed by atoms with Crippen molar-refractivity contribution >= 4 is 11.9 Å². The minimum absolute atomic E-state index is 0.313. The molecule has 0 aliphatic rings. The Morgan fingerprint density at radius 3 is 2.00 bits per heavy atom. The first-order chi connectivity index (χ1) is 15.4. The van der Waals surface area contributed by atoms with Crippen LogP contribution < -0.4 is 0 Å². The zero-order valence-electron chi connectivity index (χ0n) is 20.2. The average Bonchev–Trinajstić information content (AvgIpc) is 3.30. The fourth-order valence-corrected chi connectivity index (χ4v) is 3.25. The molecule has 176 valence electrons. The summed E-state index contributed by atoms with van der Waals surface area (Å²) in [5, 5.41) is 0. The minimum Gasteiger partial charge on any atom is -0.472 e. The van der Waals surface area contributed by atoms with Crippen LogP contribution in [0.3, 0.4) is 0 Å². The highest BCUT2D eigenvalue weighted by molar-refractivity contribution is 5.89. The number of hydrogen-bond acceptors (Lipinski definition) is 5. The number of hydrogen-bond donors (Lipinski definition) is 0. The predicted molar refractivity (Wildman–Crippen MR) is 128 cm³/mol. The van der Waals surface area contributed by atoms with Gasteiger partial charge in [0.1, 0.15) is 0 Å². The van der Waals surface area contributed by atoms with Gasteiger partial charge in [-0.25, -0.2) is 9.59 Å². The Kier molecular flexibility index (Phi) is 13.5. The van der Waals surface area contributed by atoms with Gasteiger partial charge in [-0.05, 0) is 83.8 Å². The van der Waals surface area contributed by atoms with Gasteiger partial charge in [-0.15, -0.1) is 0 Å². The maximum Gasteiger partial charge on any atom is 0.333 e. The molecule has 0 aromatic carbocycles. The molecular weight excluding hydrogens is 404 g/mol. The van der Waals surface area contributed by atoms with Gasteiger partial charge in [0.25, 0.3) is 0 Å². The van der Waals surface area contributed by atoms with Crippen molar-refractivity contribution in [2.45, 2.75) is 72.1 Å². The summed E-state index contributed by atoms with van der Waals surface area (Å²) in [6, 6.07) is 2.01. The number of allylic oxidation sites excluding steroid dienone is 6. The molecule has 0 bridgehead atoms.